The van der Waals surface area contributed by atoms with Crippen molar-refractivity contribution in [3.63, 3.8) is 0 Å². The van der Waals surface area contributed by atoms with Crippen molar-refractivity contribution in [2.45, 2.75) is 32.6 Å². The number of Topliss-reactive ketones (excluding diaryl/α,β-unsaturated/α-hetero) is 1. The Morgan fingerprint density at radius 2 is 2.28 bits per heavy atom. The number of thiophene rings is 1. The predicted octanol–water partition coefficient (Wildman–Crippen LogP) is 3.61. The van der Waals surface area contributed by atoms with E-state index in [0.717, 1.165) is 47.8 Å². The van der Waals surface area contributed by atoms with E-state index >= 15 is 0 Å². The standard InChI is InChI=1S/C18H23N3O2S2/c1-2-14-12-25-16(20-14)7-8-19-18(23)21-9-3-5-13(11-21)17(22)15-6-4-10-24-15/h4,6,10,12-13H,2-3,5,7-9,11H2,1H3,(H,19,23)/t13-/m1/s1. The summed E-state index contributed by atoms with van der Waals surface area (Å²) in [6.45, 7) is 3.90. The van der Waals surface area contributed by atoms with Crippen molar-refractivity contribution in [2.75, 3.05) is 19.6 Å². The van der Waals surface area contributed by atoms with Gasteiger partial charge in [0.25, 0.3) is 0 Å². The fourth-order valence-electron chi connectivity index (χ4n) is 3.01. The molecule has 0 aliphatic carbocycles. The van der Waals surface area contributed by atoms with Gasteiger partial charge in [0.15, 0.2) is 5.78 Å². The van der Waals surface area contributed by atoms with Crippen molar-refractivity contribution in [1.29, 1.82) is 0 Å². The Bertz CT molecular complexity index is 712. The van der Waals surface area contributed by atoms with Gasteiger partial charge in [0.05, 0.1) is 15.6 Å². The van der Waals surface area contributed by atoms with E-state index in [0.29, 0.717) is 13.1 Å². The SMILES string of the molecule is CCc1csc(CCNC(=O)N2CCC[C@@H](C(=O)c3cccs3)C2)n1. The maximum absolute atomic E-state index is 12.5. The number of carbonyl (C=O) groups excluding carboxylic acids is 2. The van der Waals surface area contributed by atoms with E-state index in [2.05, 4.69) is 22.6 Å². The topological polar surface area (TPSA) is 62.3 Å². The number of carbonyl (C=O) groups is 2. The molecule has 1 aliphatic heterocycles. The van der Waals surface area contributed by atoms with E-state index in [4.69, 9.17) is 0 Å². The van der Waals surface area contributed by atoms with Gasteiger partial charge in [-0.3, -0.25) is 4.79 Å². The van der Waals surface area contributed by atoms with E-state index < -0.39 is 0 Å². The molecule has 0 saturated carbocycles. The Balaban J connectivity index is 1.47. The molecule has 3 heterocycles. The average molecular weight is 378 g/mol. The monoisotopic (exact) mass is 377 g/mol. The Morgan fingerprint density at radius 3 is 3.00 bits per heavy atom. The van der Waals surface area contributed by atoms with Crippen molar-refractivity contribution in [3.8, 4) is 0 Å². The number of nitrogens with one attached hydrogen (secondary N) is 1. The molecule has 7 heteroatoms. The highest BCUT2D eigenvalue weighted by Gasteiger charge is 2.29. The van der Waals surface area contributed by atoms with Gasteiger partial charge in [-0.25, -0.2) is 9.78 Å². The van der Waals surface area contributed by atoms with Crippen molar-refractivity contribution < 1.29 is 9.59 Å². The van der Waals surface area contributed by atoms with Crippen molar-refractivity contribution in [2.24, 2.45) is 5.92 Å². The van der Waals surface area contributed by atoms with Crippen LogP contribution in [0.4, 0.5) is 4.79 Å². The highest BCUT2D eigenvalue weighted by Crippen LogP contribution is 2.23. The minimum atomic E-state index is -0.0794. The molecule has 134 valence electrons. The quantitative estimate of drug-likeness (QED) is 0.782. The summed E-state index contributed by atoms with van der Waals surface area (Å²) >= 11 is 3.12. The zero-order valence-corrected chi connectivity index (χ0v) is 16.0. The van der Waals surface area contributed by atoms with E-state index in [9.17, 15) is 9.59 Å². The second kappa shape index (κ2) is 8.58. The number of ketones is 1. The van der Waals surface area contributed by atoms with Crippen molar-refractivity contribution in [1.82, 2.24) is 15.2 Å². The van der Waals surface area contributed by atoms with Crippen molar-refractivity contribution in [3.05, 3.63) is 38.5 Å². The highest BCUT2D eigenvalue weighted by molar-refractivity contribution is 7.12. The molecule has 1 atom stereocenters. The number of urea groups is 1. The molecule has 1 aliphatic rings. The van der Waals surface area contributed by atoms with Gasteiger partial charge in [-0.1, -0.05) is 13.0 Å². The van der Waals surface area contributed by atoms with E-state index in [1.807, 2.05) is 17.5 Å². The number of amides is 2. The van der Waals surface area contributed by atoms with Gasteiger partial charge >= 0.3 is 6.03 Å². The highest BCUT2D eigenvalue weighted by atomic mass is 32.1. The maximum Gasteiger partial charge on any atom is 0.317 e. The number of hydrogen-bond acceptors (Lipinski definition) is 5. The molecule has 1 fully saturated rings. The second-order valence-electron chi connectivity index (χ2n) is 6.19. The lowest BCUT2D eigenvalue weighted by molar-refractivity contribution is 0.0850. The van der Waals surface area contributed by atoms with Gasteiger partial charge in [-0.05, 0) is 30.7 Å². The number of hydrogen-bond donors (Lipinski definition) is 1. The molecular formula is C18H23N3O2S2. The first-order chi connectivity index (χ1) is 12.2. The van der Waals surface area contributed by atoms with Crippen LogP contribution in [0, 0.1) is 5.92 Å². The lowest BCUT2D eigenvalue weighted by atomic mass is 9.93. The number of aromatic nitrogens is 1. The molecule has 0 bridgehead atoms. The first-order valence-electron chi connectivity index (χ1n) is 8.71. The number of piperidine rings is 1. The zero-order valence-electron chi connectivity index (χ0n) is 14.4. The molecule has 0 spiro atoms. The van der Waals surface area contributed by atoms with Crippen LogP contribution < -0.4 is 5.32 Å². The molecule has 1 N–H and O–H groups in total. The number of likely N-dealkylation sites (tertiary alicyclic amines) is 1. The number of nitrogens with zero attached hydrogens (tertiary/aromatic N) is 2. The molecule has 1 saturated heterocycles. The molecular weight excluding hydrogens is 354 g/mol. The van der Waals surface area contributed by atoms with Crippen molar-refractivity contribution >= 4 is 34.5 Å². The normalized spacial score (nSPS) is 17.5. The first kappa shape index (κ1) is 18.1. The zero-order chi connectivity index (χ0) is 17.6. The third-order valence-corrected chi connectivity index (χ3v) is 6.26. The summed E-state index contributed by atoms with van der Waals surface area (Å²) in [5.74, 6) is 0.0894. The van der Waals surface area contributed by atoms with Gasteiger partial charge in [0.1, 0.15) is 0 Å². The van der Waals surface area contributed by atoms with E-state index in [1.165, 1.54) is 11.3 Å². The van der Waals surface area contributed by atoms with Crippen LogP contribution in [0.3, 0.4) is 0 Å². The van der Waals surface area contributed by atoms with Gasteiger partial charge in [-0.2, -0.15) is 0 Å². The Kier molecular flexibility index (Phi) is 6.20. The fraction of sp³-hybridized carbons (Fsp3) is 0.500. The van der Waals surface area contributed by atoms with Crippen LogP contribution in [0.1, 0.15) is 40.1 Å². The van der Waals surface area contributed by atoms with Gasteiger partial charge in [0, 0.05) is 37.4 Å². The van der Waals surface area contributed by atoms with E-state index in [1.54, 1.807) is 16.2 Å². The summed E-state index contributed by atoms with van der Waals surface area (Å²) in [5, 5.41) is 8.02. The van der Waals surface area contributed by atoms with Crippen LogP contribution >= 0.6 is 22.7 Å². The largest absolute Gasteiger partial charge is 0.338 e. The molecule has 0 aromatic carbocycles. The smallest absolute Gasteiger partial charge is 0.317 e. The number of rotatable bonds is 6. The van der Waals surface area contributed by atoms with Crippen LogP contribution in [-0.4, -0.2) is 41.3 Å². The molecule has 2 amide bonds. The maximum atomic E-state index is 12.5. The van der Waals surface area contributed by atoms with Crippen LogP contribution in [0.5, 0.6) is 0 Å². The molecule has 0 radical (unpaired) electrons. The van der Waals surface area contributed by atoms with Crippen LogP contribution in [0.15, 0.2) is 22.9 Å². The van der Waals surface area contributed by atoms with Gasteiger partial charge in [0.2, 0.25) is 0 Å². The Labute approximate surface area is 156 Å². The summed E-state index contributed by atoms with van der Waals surface area (Å²) in [6.07, 6.45) is 3.43. The van der Waals surface area contributed by atoms with E-state index in [-0.39, 0.29) is 17.7 Å². The lowest BCUT2D eigenvalue weighted by Crippen LogP contribution is -2.47. The third kappa shape index (κ3) is 4.67. The molecule has 5 nitrogen and oxygen atoms in total. The molecule has 0 unspecified atom stereocenters. The minimum absolute atomic E-state index is 0.0732. The predicted molar refractivity (Wildman–Crippen MR) is 102 cm³/mol. The number of thiazole rings is 1. The first-order valence-corrected chi connectivity index (χ1v) is 10.5. The average Bonchev–Trinajstić information content (AvgIpc) is 3.33. The molecule has 25 heavy (non-hydrogen) atoms. The van der Waals surface area contributed by atoms with Crippen LogP contribution in [0.2, 0.25) is 0 Å². The summed E-state index contributed by atoms with van der Waals surface area (Å²) in [7, 11) is 0. The number of aryl methyl sites for hydroxylation is 1. The molecule has 3 rings (SSSR count). The van der Waals surface area contributed by atoms with Crippen LogP contribution in [0.25, 0.3) is 0 Å². The molecule has 2 aromatic heterocycles. The van der Waals surface area contributed by atoms with Gasteiger partial charge in [-0.15, -0.1) is 22.7 Å². The second-order valence-corrected chi connectivity index (χ2v) is 8.09. The third-order valence-electron chi connectivity index (χ3n) is 4.42. The van der Waals surface area contributed by atoms with Crippen LogP contribution in [-0.2, 0) is 12.8 Å². The Hall–Kier alpha value is -1.73. The lowest BCUT2D eigenvalue weighted by Gasteiger charge is -2.31. The summed E-state index contributed by atoms with van der Waals surface area (Å²) in [5.41, 5.74) is 1.11. The summed E-state index contributed by atoms with van der Waals surface area (Å²) < 4.78 is 0. The summed E-state index contributed by atoms with van der Waals surface area (Å²) in [4.78, 5) is 32.0. The van der Waals surface area contributed by atoms with Gasteiger partial charge < -0.3 is 10.2 Å². The minimum Gasteiger partial charge on any atom is -0.338 e. The Morgan fingerprint density at radius 1 is 1.40 bits per heavy atom. The summed E-state index contributed by atoms with van der Waals surface area (Å²) in [6, 6.07) is 3.69. The molecule has 2 aromatic rings. The fourth-order valence-corrected chi connectivity index (χ4v) is 4.63.